The van der Waals surface area contributed by atoms with Crippen molar-refractivity contribution in [2.24, 2.45) is 5.73 Å². The normalized spacial score (nSPS) is 19.8. The summed E-state index contributed by atoms with van der Waals surface area (Å²) in [5.41, 5.74) is 9.39. The smallest absolute Gasteiger partial charge is 0.254 e. The second-order valence-electron chi connectivity index (χ2n) is 7.20. The van der Waals surface area contributed by atoms with Crippen molar-refractivity contribution in [1.29, 1.82) is 0 Å². The van der Waals surface area contributed by atoms with E-state index in [0.29, 0.717) is 35.5 Å². The van der Waals surface area contributed by atoms with Gasteiger partial charge in [0.25, 0.3) is 11.8 Å². The van der Waals surface area contributed by atoms with E-state index in [0.717, 1.165) is 11.3 Å². The molecule has 3 rings (SSSR count). The van der Waals surface area contributed by atoms with Gasteiger partial charge < -0.3 is 15.4 Å². The molecule has 6 heteroatoms. The highest BCUT2D eigenvalue weighted by Gasteiger charge is 2.27. The van der Waals surface area contributed by atoms with Gasteiger partial charge in [0.15, 0.2) is 0 Å². The van der Waals surface area contributed by atoms with Crippen LogP contribution in [-0.4, -0.2) is 47.0 Å². The Morgan fingerprint density at radius 1 is 1.15 bits per heavy atom. The fourth-order valence-electron chi connectivity index (χ4n) is 3.44. The Labute approximate surface area is 159 Å². The largest absolute Gasteiger partial charge is 0.372 e. The number of hydrogen-bond acceptors (Lipinski definition) is 4. The minimum atomic E-state index is -0.534. The van der Waals surface area contributed by atoms with Crippen molar-refractivity contribution in [2.45, 2.75) is 39.9 Å². The molecule has 0 radical (unpaired) electrons. The molecular weight excluding hydrogens is 342 g/mol. The first kappa shape index (κ1) is 19.0. The zero-order valence-corrected chi connectivity index (χ0v) is 16.2. The maximum absolute atomic E-state index is 13.0. The number of aryl methyl sites for hydroxylation is 2. The Bertz CT molecular complexity index is 884. The molecule has 2 N–H and O–H groups in total. The highest BCUT2D eigenvalue weighted by atomic mass is 16.5. The average molecular weight is 367 g/mol. The lowest BCUT2D eigenvalue weighted by Crippen LogP contribution is -2.48. The van der Waals surface area contributed by atoms with Crippen molar-refractivity contribution in [1.82, 2.24) is 9.88 Å². The molecule has 1 aliphatic heterocycles. The van der Waals surface area contributed by atoms with E-state index in [1.165, 1.54) is 0 Å². The number of nitrogens with two attached hydrogens (primary N) is 1. The van der Waals surface area contributed by atoms with Gasteiger partial charge in [0.05, 0.1) is 23.5 Å². The first-order chi connectivity index (χ1) is 12.8. The highest BCUT2D eigenvalue weighted by Crippen LogP contribution is 2.25. The molecule has 2 aromatic rings. The van der Waals surface area contributed by atoms with Gasteiger partial charge in [0, 0.05) is 29.9 Å². The van der Waals surface area contributed by atoms with E-state index < -0.39 is 5.91 Å². The number of morpholine rings is 1. The van der Waals surface area contributed by atoms with Gasteiger partial charge in [0.2, 0.25) is 0 Å². The minimum Gasteiger partial charge on any atom is -0.372 e. The van der Waals surface area contributed by atoms with Crippen LogP contribution < -0.4 is 5.73 Å². The number of amides is 2. The molecule has 2 atom stereocenters. The van der Waals surface area contributed by atoms with Gasteiger partial charge in [-0.25, -0.2) is 0 Å². The SMILES string of the molecule is Cc1cc(C(N)=O)c(-c2cccc(C(=O)N3C[C@@H](C)O[C@@H](C)C3)c2)nc1C. The molecule has 0 unspecified atom stereocenters. The maximum Gasteiger partial charge on any atom is 0.254 e. The molecule has 1 aromatic carbocycles. The summed E-state index contributed by atoms with van der Waals surface area (Å²) < 4.78 is 5.71. The molecule has 0 saturated carbocycles. The van der Waals surface area contributed by atoms with Gasteiger partial charge in [-0.05, 0) is 51.5 Å². The van der Waals surface area contributed by atoms with E-state index in [1.807, 2.05) is 33.8 Å². The van der Waals surface area contributed by atoms with Crippen molar-refractivity contribution in [2.75, 3.05) is 13.1 Å². The van der Waals surface area contributed by atoms with Crippen LogP contribution in [-0.2, 0) is 4.74 Å². The fourth-order valence-corrected chi connectivity index (χ4v) is 3.44. The third kappa shape index (κ3) is 4.01. The van der Waals surface area contributed by atoms with E-state index >= 15 is 0 Å². The lowest BCUT2D eigenvalue weighted by molar-refractivity contribution is -0.0586. The Morgan fingerprint density at radius 3 is 2.44 bits per heavy atom. The molecule has 27 heavy (non-hydrogen) atoms. The number of hydrogen-bond donors (Lipinski definition) is 1. The van der Waals surface area contributed by atoms with Crippen LogP contribution >= 0.6 is 0 Å². The quantitative estimate of drug-likeness (QED) is 0.904. The van der Waals surface area contributed by atoms with E-state index in [2.05, 4.69) is 4.98 Å². The third-order valence-electron chi connectivity index (χ3n) is 4.82. The molecular formula is C21H25N3O3. The number of aromatic nitrogens is 1. The molecule has 0 aliphatic carbocycles. The lowest BCUT2D eigenvalue weighted by atomic mass is 10.00. The standard InChI is InChI=1S/C21H25N3O3/c1-12-8-18(20(22)25)19(23-15(12)4)16-6-5-7-17(9-16)21(26)24-10-13(2)27-14(3)11-24/h5-9,13-14H,10-11H2,1-4H3,(H2,22,25)/t13-,14+. The molecule has 1 fully saturated rings. The van der Waals surface area contributed by atoms with Gasteiger partial charge in [0.1, 0.15) is 0 Å². The van der Waals surface area contributed by atoms with Crippen LogP contribution in [0.25, 0.3) is 11.3 Å². The van der Waals surface area contributed by atoms with Crippen LogP contribution in [0, 0.1) is 13.8 Å². The average Bonchev–Trinajstić information content (AvgIpc) is 2.62. The topological polar surface area (TPSA) is 85.5 Å². The van der Waals surface area contributed by atoms with Crippen LogP contribution in [0.15, 0.2) is 30.3 Å². The maximum atomic E-state index is 13.0. The minimum absolute atomic E-state index is 0.00348. The summed E-state index contributed by atoms with van der Waals surface area (Å²) in [4.78, 5) is 31.2. The van der Waals surface area contributed by atoms with Gasteiger partial charge in [-0.3, -0.25) is 14.6 Å². The van der Waals surface area contributed by atoms with Gasteiger partial charge in [-0.2, -0.15) is 0 Å². The molecule has 1 saturated heterocycles. The van der Waals surface area contributed by atoms with Crippen molar-refractivity contribution in [3.63, 3.8) is 0 Å². The van der Waals surface area contributed by atoms with Crippen LogP contribution in [0.1, 0.15) is 45.8 Å². The first-order valence-corrected chi connectivity index (χ1v) is 9.09. The van der Waals surface area contributed by atoms with E-state index in [4.69, 9.17) is 10.5 Å². The number of carbonyl (C=O) groups excluding carboxylic acids is 2. The molecule has 2 amide bonds. The zero-order valence-electron chi connectivity index (χ0n) is 16.2. The molecule has 1 aliphatic rings. The zero-order chi connectivity index (χ0) is 19.7. The van der Waals surface area contributed by atoms with Crippen LogP contribution in [0.5, 0.6) is 0 Å². The lowest BCUT2D eigenvalue weighted by Gasteiger charge is -2.35. The molecule has 142 valence electrons. The Balaban J connectivity index is 1.98. The number of benzene rings is 1. The molecule has 0 bridgehead atoms. The summed E-state index contributed by atoms with van der Waals surface area (Å²) >= 11 is 0. The summed E-state index contributed by atoms with van der Waals surface area (Å²) in [6.07, 6.45) is 0.00697. The van der Waals surface area contributed by atoms with E-state index in [9.17, 15) is 9.59 Å². The number of pyridine rings is 1. The molecule has 0 spiro atoms. The summed E-state index contributed by atoms with van der Waals surface area (Å²) in [6.45, 7) is 8.81. The van der Waals surface area contributed by atoms with Crippen molar-refractivity contribution >= 4 is 11.8 Å². The monoisotopic (exact) mass is 367 g/mol. The van der Waals surface area contributed by atoms with Crippen LogP contribution in [0.4, 0.5) is 0 Å². The van der Waals surface area contributed by atoms with Gasteiger partial charge in [-0.1, -0.05) is 12.1 Å². The number of rotatable bonds is 3. The van der Waals surface area contributed by atoms with Crippen LogP contribution in [0.3, 0.4) is 0 Å². The van der Waals surface area contributed by atoms with Crippen LogP contribution in [0.2, 0.25) is 0 Å². The second kappa shape index (κ2) is 7.48. The van der Waals surface area contributed by atoms with Crippen molar-refractivity contribution in [3.8, 4) is 11.3 Å². The number of nitrogens with zero attached hydrogens (tertiary/aromatic N) is 2. The molecule has 6 nitrogen and oxygen atoms in total. The highest BCUT2D eigenvalue weighted by molar-refractivity contribution is 6.00. The van der Waals surface area contributed by atoms with Crippen molar-refractivity contribution < 1.29 is 14.3 Å². The second-order valence-corrected chi connectivity index (χ2v) is 7.20. The predicted octanol–water partition coefficient (Wildman–Crippen LogP) is 2.71. The van der Waals surface area contributed by atoms with Gasteiger partial charge >= 0.3 is 0 Å². The molecule has 1 aromatic heterocycles. The van der Waals surface area contributed by atoms with E-state index in [1.54, 1.807) is 29.2 Å². The van der Waals surface area contributed by atoms with E-state index in [-0.39, 0.29) is 18.1 Å². The Morgan fingerprint density at radius 2 is 1.81 bits per heavy atom. The van der Waals surface area contributed by atoms with Crippen molar-refractivity contribution in [3.05, 3.63) is 52.7 Å². The number of primary amides is 1. The number of carbonyl (C=O) groups is 2. The Hall–Kier alpha value is -2.73. The third-order valence-corrected chi connectivity index (χ3v) is 4.82. The summed E-state index contributed by atoms with van der Waals surface area (Å²) in [7, 11) is 0. The summed E-state index contributed by atoms with van der Waals surface area (Å²) in [5.74, 6) is -0.587. The first-order valence-electron chi connectivity index (χ1n) is 9.09. The summed E-state index contributed by atoms with van der Waals surface area (Å²) in [5, 5.41) is 0. The Kier molecular flexibility index (Phi) is 5.28. The fraction of sp³-hybridized carbons (Fsp3) is 0.381. The summed E-state index contributed by atoms with van der Waals surface area (Å²) in [6, 6.07) is 8.94. The number of ether oxygens (including phenoxy) is 1. The molecule has 2 heterocycles. The van der Waals surface area contributed by atoms with Gasteiger partial charge in [-0.15, -0.1) is 0 Å². The predicted molar refractivity (Wildman–Crippen MR) is 104 cm³/mol.